The lowest BCUT2D eigenvalue weighted by atomic mass is 10.1. The molecule has 7 nitrogen and oxygen atoms in total. The Hall–Kier alpha value is -3.22. The summed E-state index contributed by atoms with van der Waals surface area (Å²) in [6.45, 7) is 6.69. The molecule has 4 rings (SSSR count). The van der Waals surface area contributed by atoms with Crippen LogP contribution < -0.4 is 5.32 Å². The molecule has 0 spiro atoms. The molecule has 0 saturated carbocycles. The Balaban J connectivity index is 1.48. The molecule has 0 saturated heterocycles. The maximum Gasteiger partial charge on any atom is 0.220 e. The van der Waals surface area contributed by atoms with E-state index in [9.17, 15) is 4.79 Å². The Labute approximate surface area is 163 Å². The van der Waals surface area contributed by atoms with Gasteiger partial charge in [-0.05, 0) is 51.0 Å². The van der Waals surface area contributed by atoms with Gasteiger partial charge in [0.1, 0.15) is 0 Å². The van der Waals surface area contributed by atoms with Crippen molar-refractivity contribution >= 4 is 22.5 Å². The van der Waals surface area contributed by atoms with Crippen LogP contribution in [0.3, 0.4) is 0 Å². The second kappa shape index (κ2) is 7.42. The van der Waals surface area contributed by atoms with E-state index in [0.29, 0.717) is 19.4 Å². The number of aryl methyl sites for hydroxylation is 2. The van der Waals surface area contributed by atoms with Crippen molar-refractivity contribution in [3.8, 4) is 0 Å². The van der Waals surface area contributed by atoms with Gasteiger partial charge in [-0.2, -0.15) is 10.2 Å². The van der Waals surface area contributed by atoms with E-state index in [0.717, 1.165) is 33.5 Å². The van der Waals surface area contributed by atoms with Gasteiger partial charge in [0.25, 0.3) is 0 Å². The third-order valence-electron chi connectivity index (χ3n) is 5.05. The monoisotopic (exact) mass is 376 g/mol. The van der Waals surface area contributed by atoms with E-state index in [1.165, 1.54) is 0 Å². The van der Waals surface area contributed by atoms with Crippen LogP contribution in [0.5, 0.6) is 0 Å². The Morgan fingerprint density at radius 3 is 2.82 bits per heavy atom. The fraction of sp³-hybridized carbons (Fsp3) is 0.333. The molecular formula is C21H24N6O. The molecule has 0 fully saturated rings. The predicted octanol–water partition coefficient (Wildman–Crippen LogP) is 2.83. The maximum atomic E-state index is 12.4. The SMILES string of the molecule is Cc1nc2c3ccccc3nn2c(C)c1CCC(=O)N[C@@H](C)Cn1cccn1. The van der Waals surface area contributed by atoms with Crippen LogP contribution in [0.2, 0.25) is 0 Å². The Morgan fingerprint density at radius 2 is 2.04 bits per heavy atom. The molecule has 1 atom stereocenters. The molecule has 3 aromatic heterocycles. The summed E-state index contributed by atoms with van der Waals surface area (Å²) in [5, 5.41) is 12.9. The minimum Gasteiger partial charge on any atom is -0.352 e. The van der Waals surface area contributed by atoms with E-state index in [-0.39, 0.29) is 11.9 Å². The van der Waals surface area contributed by atoms with Crippen LogP contribution >= 0.6 is 0 Å². The van der Waals surface area contributed by atoms with Gasteiger partial charge in [0.05, 0.1) is 12.1 Å². The highest BCUT2D eigenvalue weighted by molar-refractivity contribution is 5.92. The van der Waals surface area contributed by atoms with E-state index in [1.807, 2.05) is 66.5 Å². The molecule has 0 radical (unpaired) electrons. The molecule has 3 heterocycles. The average molecular weight is 376 g/mol. The summed E-state index contributed by atoms with van der Waals surface area (Å²) in [7, 11) is 0. The second-order valence-corrected chi connectivity index (χ2v) is 7.21. The van der Waals surface area contributed by atoms with E-state index in [4.69, 9.17) is 4.98 Å². The standard InChI is InChI=1S/C21H24N6O/c1-14(13-26-12-6-11-22-26)23-20(28)10-9-17-15(2)24-21-18-7-4-5-8-19(18)25-27(21)16(17)3/h4-8,11-12,14H,9-10,13H2,1-3H3,(H,23,28)/t14-/m0/s1. The minimum absolute atomic E-state index is 0.0200. The van der Waals surface area contributed by atoms with E-state index in [2.05, 4.69) is 15.5 Å². The number of carbonyl (C=O) groups is 1. The zero-order valence-corrected chi connectivity index (χ0v) is 16.4. The fourth-order valence-electron chi connectivity index (χ4n) is 3.66. The average Bonchev–Trinajstić information content (AvgIpc) is 3.29. The van der Waals surface area contributed by atoms with E-state index < -0.39 is 0 Å². The molecule has 1 amide bonds. The summed E-state index contributed by atoms with van der Waals surface area (Å²) < 4.78 is 3.71. The highest BCUT2D eigenvalue weighted by atomic mass is 16.1. The fourth-order valence-corrected chi connectivity index (χ4v) is 3.66. The third-order valence-corrected chi connectivity index (χ3v) is 5.05. The minimum atomic E-state index is 0.0200. The number of carbonyl (C=O) groups excluding carboxylic acids is 1. The van der Waals surface area contributed by atoms with Crippen molar-refractivity contribution in [3.63, 3.8) is 0 Å². The molecule has 0 aliphatic carbocycles. The first kappa shape index (κ1) is 18.2. The number of nitrogens with zero attached hydrogens (tertiary/aromatic N) is 5. The Bertz CT molecular complexity index is 1130. The van der Waals surface area contributed by atoms with Gasteiger partial charge in [0, 0.05) is 41.6 Å². The molecule has 0 bridgehead atoms. The zero-order valence-electron chi connectivity index (χ0n) is 16.4. The molecule has 144 valence electrons. The molecule has 0 aliphatic rings. The topological polar surface area (TPSA) is 77.1 Å². The first-order valence-corrected chi connectivity index (χ1v) is 9.53. The van der Waals surface area contributed by atoms with Gasteiger partial charge >= 0.3 is 0 Å². The summed E-state index contributed by atoms with van der Waals surface area (Å²) in [5.74, 6) is 0.0316. The highest BCUT2D eigenvalue weighted by Gasteiger charge is 2.15. The summed E-state index contributed by atoms with van der Waals surface area (Å²) in [4.78, 5) is 17.2. The lowest BCUT2D eigenvalue weighted by Crippen LogP contribution is -2.36. The number of rotatable bonds is 6. The Kier molecular flexibility index (Phi) is 4.81. The van der Waals surface area contributed by atoms with Crippen molar-refractivity contribution in [3.05, 3.63) is 59.7 Å². The summed E-state index contributed by atoms with van der Waals surface area (Å²) >= 11 is 0. The number of amides is 1. The smallest absolute Gasteiger partial charge is 0.220 e. The third kappa shape index (κ3) is 3.47. The van der Waals surface area contributed by atoms with Crippen LogP contribution in [-0.4, -0.2) is 36.3 Å². The number of nitrogens with one attached hydrogen (secondary N) is 1. The van der Waals surface area contributed by atoms with Crippen molar-refractivity contribution in [2.75, 3.05) is 0 Å². The number of aromatic nitrogens is 5. The maximum absolute atomic E-state index is 12.4. The van der Waals surface area contributed by atoms with Crippen LogP contribution in [0.25, 0.3) is 16.6 Å². The molecular weight excluding hydrogens is 352 g/mol. The van der Waals surface area contributed by atoms with Crippen molar-refractivity contribution in [2.45, 2.75) is 46.2 Å². The summed E-state index contributed by atoms with van der Waals surface area (Å²) in [6, 6.07) is 9.91. The van der Waals surface area contributed by atoms with Crippen molar-refractivity contribution in [1.82, 2.24) is 29.7 Å². The first-order valence-electron chi connectivity index (χ1n) is 9.53. The number of benzene rings is 1. The molecule has 1 aromatic carbocycles. The van der Waals surface area contributed by atoms with Crippen molar-refractivity contribution in [2.24, 2.45) is 0 Å². The lowest BCUT2D eigenvalue weighted by Gasteiger charge is -2.15. The van der Waals surface area contributed by atoms with Gasteiger partial charge in [0.2, 0.25) is 5.91 Å². The van der Waals surface area contributed by atoms with Gasteiger partial charge in [-0.3, -0.25) is 9.48 Å². The van der Waals surface area contributed by atoms with E-state index in [1.54, 1.807) is 6.20 Å². The predicted molar refractivity (Wildman–Crippen MR) is 108 cm³/mol. The zero-order chi connectivity index (χ0) is 19.7. The molecule has 28 heavy (non-hydrogen) atoms. The summed E-state index contributed by atoms with van der Waals surface area (Å²) in [6.07, 6.45) is 4.68. The number of hydrogen-bond donors (Lipinski definition) is 1. The van der Waals surface area contributed by atoms with Crippen molar-refractivity contribution < 1.29 is 4.79 Å². The van der Waals surface area contributed by atoms with Gasteiger partial charge in [0.15, 0.2) is 5.65 Å². The summed E-state index contributed by atoms with van der Waals surface area (Å²) in [5.41, 5.74) is 4.87. The highest BCUT2D eigenvalue weighted by Crippen LogP contribution is 2.22. The van der Waals surface area contributed by atoms with Gasteiger partial charge in [-0.1, -0.05) is 12.1 Å². The van der Waals surface area contributed by atoms with Crippen LogP contribution in [0, 0.1) is 13.8 Å². The van der Waals surface area contributed by atoms with Crippen LogP contribution in [0.1, 0.15) is 30.3 Å². The quantitative estimate of drug-likeness (QED) is 0.561. The van der Waals surface area contributed by atoms with Crippen LogP contribution in [0.15, 0.2) is 42.7 Å². The molecule has 1 N–H and O–H groups in total. The molecule has 7 heteroatoms. The van der Waals surface area contributed by atoms with Gasteiger partial charge in [-0.25, -0.2) is 9.50 Å². The van der Waals surface area contributed by atoms with Gasteiger partial charge in [-0.15, -0.1) is 0 Å². The largest absolute Gasteiger partial charge is 0.352 e. The number of fused-ring (bicyclic) bond motifs is 3. The lowest BCUT2D eigenvalue weighted by molar-refractivity contribution is -0.121. The Morgan fingerprint density at radius 1 is 1.21 bits per heavy atom. The van der Waals surface area contributed by atoms with Crippen LogP contribution in [-0.2, 0) is 17.8 Å². The number of hydrogen-bond acceptors (Lipinski definition) is 4. The van der Waals surface area contributed by atoms with Crippen molar-refractivity contribution in [1.29, 1.82) is 0 Å². The van der Waals surface area contributed by atoms with Gasteiger partial charge < -0.3 is 5.32 Å². The molecule has 0 aliphatic heterocycles. The first-order chi connectivity index (χ1) is 13.5. The van der Waals surface area contributed by atoms with Crippen LogP contribution in [0.4, 0.5) is 0 Å². The molecule has 0 unspecified atom stereocenters. The normalized spacial score (nSPS) is 12.5. The van der Waals surface area contributed by atoms with E-state index >= 15 is 0 Å². The second-order valence-electron chi connectivity index (χ2n) is 7.21. The molecule has 4 aromatic rings.